The molecule has 5 heteroatoms. The Morgan fingerprint density at radius 2 is 2.24 bits per heavy atom. The van der Waals surface area contributed by atoms with Crippen LogP contribution in [0, 0.1) is 5.92 Å². The van der Waals surface area contributed by atoms with Gasteiger partial charge in [0, 0.05) is 6.20 Å². The molecule has 17 heavy (non-hydrogen) atoms. The fourth-order valence-electron chi connectivity index (χ4n) is 1.87. The number of anilines is 1. The third-order valence-corrected chi connectivity index (χ3v) is 3.33. The summed E-state index contributed by atoms with van der Waals surface area (Å²) >= 11 is 0. The van der Waals surface area contributed by atoms with Gasteiger partial charge in [-0.1, -0.05) is 13.8 Å². The molecule has 0 radical (unpaired) electrons. The van der Waals surface area contributed by atoms with Gasteiger partial charge in [0.15, 0.2) is 5.69 Å². The molecule has 0 spiro atoms. The first kappa shape index (κ1) is 11.9. The van der Waals surface area contributed by atoms with Crippen LogP contribution in [0.2, 0.25) is 0 Å². The lowest BCUT2D eigenvalue weighted by Gasteiger charge is -2.48. The van der Waals surface area contributed by atoms with Crippen LogP contribution in [0.4, 0.5) is 5.69 Å². The molecule has 0 bridgehead atoms. The summed E-state index contributed by atoms with van der Waals surface area (Å²) in [5.41, 5.74) is 5.56. The summed E-state index contributed by atoms with van der Waals surface area (Å²) in [4.78, 5) is 17.6. The molecule has 5 nitrogen and oxygen atoms in total. The SMILES string of the molecule is CC(C)C1(O)CN(C(=O)c2ncccc2N)C1. The molecule has 1 aliphatic heterocycles. The quantitative estimate of drug-likeness (QED) is 0.782. The van der Waals surface area contributed by atoms with E-state index < -0.39 is 5.60 Å². The summed E-state index contributed by atoms with van der Waals surface area (Å²) < 4.78 is 0. The van der Waals surface area contributed by atoms with E-state index in [-0.39, 0.29) is 17.5 Å². The molecule has 0 aliphatic carbocycles. The van der Waals surface area contributed by atoms with Crippen LogP contribution in [0.1, 0.15) is 24.3 Å². The fourth-order valence-corrected chi connectivity index (χ4v) is 1.87. The maximum Gasteiger partial charge on any atom is 0.274 e. The molecular formula is C12H17N3O2. The van der Waals surface area contributed by atoms with Crippen LogP contribution in [-0.2, 0) is 0 Å². The molecule has 2 rings (SSSR count). The second kappa shape index (κ2) is 4.00. The second-order valence-corrected chi connectivity index (χ2v) is 4.86. The number of β-amino-alcohol motifs (C(OH)–C–C–N with tert-alkyl or cyclic N) is 1. The highest BCUT2D eigenvalue weighted by Gasteiger charge is 2.46. The highest BCUT2D eigenvalue weighted by atomic mass is 16.3. The topological polar surface area (TPSA) is 79.5 Å². The number of carbonyl (C=O) groups is 1. The minimum absolute atomic E-state index is 0.132. The van der Waals surface area contributed by atoms with E-state index in [0.717, 1.165) is 0 Å². The van der Waals surface area contributed by atoms with Crippen molar-refractivity contribution in [1.29, 1.82) is 0 Å². The number of aromatic nitrogens is 1. The average Bonchev–Trinajstić information content (AvgIpc) is 2.24. The van der Waals surface area contributed by atoms with E-state index in [4.69, 9.17) is 5.73 Å². The Kier molecular flexibility index (Phi) is 2.79. The van der Waals surface area contributed by atoms with Crippen molar-refractivity contribution in [3.8, 4) is 0 Å². The van der Waals surface area contributed by atoms with Crippen LogP contribution in [0.25, 0.3) is 0 Å². The summed E-state index contributed by atoms with van der Waals surface area (Å²) in [5, 5.41) is 10.1. The molecule has 2 heterocycles. The average molecular weight is 235 g/mol. The molecule has 0 saturated carbocycles. The minimum Gasteiger partial charge on any atom is -0.397 e. The van der Waals surface area contributed by atoms with Gasteiger partial charge in [-0.15, -0.1) is 0 Å². The van der Waals surface area contributed by atoms with Gasteiger partial charge in [-0.2, -0.15) is 0 Å². The molecule has 0 aromatic carbocycles. The summed E-state index contributed by atoms with van der Waals surface area (Å²) in [7, 11) is 0. The zero-order chi connectivity index (χ0) is 12.6. The number of amides is 1. The first-order valence-electron chi connectivity index (χ1n) is 5.66. The molecule has 1 aromatic heterocycles. The Morgan fingerprint density at radius 3 is 2.76 bits per heavy atom. The summed E-state index contributed by atoms with van der Waals surface area (Å²) in [6, 6.07) is 3.33. The monoisotopic (exact) mass is 235 g/mol. The van der Waals surface area contributed by atoms with Crippen LogP contribution in [-0.4, -0.2) is 39.6 Å². The number of nitrogen functional groups attached to an aromatic ring is 1. The zero-order valence-electron chi connectivity index (χ0n) is 10.1. The number of nitrogens with two attached hydrogens (primary N) is 1. The molecule has 1 fully saturated rings. The molecule has 92 valence electrons. The number of hydrogen-bond acceptors (Lipinski definition) is 4. The number of hydrogen-bond donors (Lipinski definition) is 2. The molecule has 1 amide bonds. The first-order chi connectivity index (χ1) is 7.94. The van der Waals surface area contributed by atoms with Crippen molar-refractivity contribution in [2.24, 2.45) is 5.92 Å². The van der Waals surface area contributed by atoms with Gasteiger partial charge in [0.05, 0.1) is 18.8 Å². The van der Waals surface area contributed by atoms with E-state index in [2.05, 4.69) is 4.98 Å². The molecule has 0 unspecified atom stereocenters. The van der Waals surface area contributed by atoms with E-state index >= 15 is 0 Å². The van der Waals surface area contributed by atoms with E-state index in [0.29, 0.717) is 18.8 Å². The van der Waals surface area contributed by atoms with Crippen LogP contribution < -0.4 is 5.73 Å². The lowest BCUT2D eigenvalue weighted by molar-refractivity contribution is -0.111. The third kappa shape index (κ3) is 1.98. The lowest BCUT2D eigenvalue weighted by atomic mass is 9.83. The fraction of sp³-hybridized carbons (Fsp3) is 0.500. The smallest absolute Gasteiger partial charge is 0.274 e. The predicted octanol–water partition coefficient (Wildman–Crippen LogP) is 0.507. The van der Waals surface area contributed by atoms with E-state index in [1.165, 1.54) is 6.20 Å². The van der Waals surface area contributed by atoms with Gasteiger partial charge < -0.3 is 15.7 Å². The Morgan fingerprint density at radius 1 is 1.59 bits per heavy atom. The highest BCUT2D eigenvalue weighted by molar-refractivity contribution is 5.97. The van der Waals surface area contributed by atoms with Crippen LogP contribution in [0.15, 0.2) is 18.3 Å². The second-order valence-electron chi connectivity index (χ2n) is 4.86. The van der Waals surface area contributed by atoms with Gasteiger partial charge in [0.1, 0.15) is 5.60 Å². The number of rotatable bonds is 2. The summed E-state index contributed by atoms with van der Waals surface area (Å²) in [6.45, 7) is 4.58. The maximum atomic E-state index is 12.0. The first-order valence-corrected chi connectivity index (χ1v) is 5.66. The van der Waals surface area contributed by atoms with Crippen molar-refractivity contribution in [2.45, 2.75) is 19.4 Å². The molecule has 0 atom stereocenters. The van der Waals surface area contributed by atoms with Crippen LogP contribution in [0.3, 0.4) is 0 Å². The van der Waals surface area contributed by atoms with E-state index in [1.807, 2.05) is 13.8 Å². The van der Waals surface area contributed by atoms with Crippen molar-refractivity contribution in [2.75, 3.05) is 18.8 Å². The number of pyridine rings is 1. The molecule has 1 saturated heterocycles. The lowest BCUT2D eigenvalue weighted by Crippen LogP contribution is -2.66. The van der Waals surface area contributed by atoms with Crippen molar-refractivity contribution < 1.29 is 9.90 Å². The van der Waals surface area contributed by atoms with Gasteiger partial charge >= 0.3 is 0 Å². The van der Waals surface area contributed by atoms with Crippen LogP contribution in [0.5, 0.6) is 0 Å². The van der Waals surface area contributed by atoms with Crippen molar-refractivity contribution >= 4 is 11.6 Å². The molecule has 1 aliphatic rings. The van der Waals surface area contributed by atoms with Gasteiger partial charge in [-0.05, 0) is 18.1 Å². The summed E-state index contributed by atoms with van der Waals surface area (Å²) in [5.74, 6) is -0.0824. The standard InChI is InChI=1S/C12H17N3O2/c1-8(2)12(17)6-15(7-12)11(16)10-9(13)4-3-5-14-10/h3-5,8,17H,6-7,13H2,1-2H3. The number of carbonyl (C=O) groups excluding carboxylic acids is 1. The Hall–Kier alpha value is -1.62. The Bertz CT molecular complexity index is 439. The normalized spacial score (nSPS) is 18.0. The van der Waals surface area contributed by atoms with Crippen molar-refractivity contribution in [3.63, 3.8) is 0 Å². The van der Waals surface area contributed by atoms with Crippen molar-refractivity contribution in [1.82, 2.24) is 9.88 Å². The van der Waals surface area contributed by atoms with Crippen LogP contribution >= 0.6 is 0 Å². The number of nitrogens with zero attached hydrogens (tertiary/aromatic N) is 2. The summed E-state index contributed by atoms with van der Waals surface area (Å²) in [6.07, 6.45) is 1.54. The zero-order valence-corrected chi connectivity index (χ0v) is 10.1. The van der Waals surface area contributed by atoms with Crippen molar-refractivity contribution in [3.05, 3.63) is 24.0 Å². The predicted molar refractivity (Wildman–Crippen MR) is 64.3 cm³/mol. The molecule has 3 N–H and O–H groups in total. The molecule has 1 aromatic rings. The van der Waals surface area contributed by atoms with E-state index in [1.54, 1.807) is 17.0 Å². The van der Waals surface area contributed by atoms with Gasteiger partial charge in [-0.3, -0.25) is 4.79 Å². The van der Waals surface area contributed by atoms with Gasteiger partial charge in [0.25, 0.3) is 5.91 Å². The van der Waals surface area contributed by atoms with E-state index in [9.17, 15) is 9.90 Å². The maximum absolute atomic E-state index is 12.0. The molecular weight excluding hydrogens is 218 g/mol. The van der Waals surface area contributed by atoms with Gasteiger partial charge in [-0.25, -0.2) is 4.98 Å². The highest BCUT2D eigenvalue weighted by Crippen LogP contribution is 2.30. The Balaban J connectivity index is 2.08. The largest absolute Gasteiger partial charge is 0.397 e. The minimum atomic E-state index is -0.765. The third-order valence-electron chi connectivity index (χ3n) is 3.33. The Labute approximate surface area is 100 Å². The number of aliphatic hydroxyl groups is 1. The van der Waals surface area contributed by atoms with Gasteiger partial charge in [0.2, 0.25) is 0 Å². The number of likely N-dealkylation sites (tertiary alicyclic amines) is 1.